The van der Waals surface area contributed by atoms with Crippen LogP contribution in [0.15, 0.2) is 18.2 Å². The van der Waals surface area contributed by atoms with Gasteiger partial charge in [-0.1, -0.05) is 13.0 Å². The van der Waals surface area contributed by atoms with Crippen LogP contribution in [0, 0.1) is 5.92 Å². The number of carboxylic acids is 1. The fourth-order valence-electron chi connectivity index (χ4n) is 2.12. The average Bonchev–Trinajstić information content (AvgIpc) is 2.32. The minimum absolute atomic E-state index is 0.0340. The summed E-state index contributed by atoms with van der Waals surface area (Å²) in [5.74, 6) is 0.172. The molecule has 17 heavy (non-hydrogen) atoms. The molecule has 0 atom stereocenters. The summed E-state index contributed by atoms with van der Waals surface area (Å²) in [5, 5.41) is 8.83. The van der Waals surface area contributed by atoms with Crippen LogP contribution in [0.4, 0.5) is 0 Å². The number of ether oxygens (including phenoxy) is 1. The molecule has 92 valence electrons. The first-order chi connectivity index (χ1) is 8.15. The van der Waals surface area contributed by atoms with Gasteiger partial charge < -0.3 is 9.84 Å². The van der Waals surface area contributed by atoms with Gasteiger partial charge in [-0.2, -0.15) is 0 Å². The quantitative estimate of drug-likeness (QED) is 0.875. The van der Waals surface area contributed by atoms with E-state index in [-0.39, 0.29) is 11.8 Å². The summed E-state index contributed by atoms with van der Waals surface area (Å²) in [7, 11) is 0. The molecule has 1 aliphatic rings. The Balaban J connectivity index is 1.98. The van der Waals surface area contributed by atoms with E-state index >= 15 is 0 Å². The third kappa shape index (κ3) is 3.19. The van der Waals surface area contributed by atoms with E-state index in [1.165, 1.54) is 18.9 Å². The van der Waals surface area contributed by atoms with Crippen molar-refractivity contribution in [2.45, 2.75) is 38.7 Å². The minimum atomic E-state index is -1.02. The number of aromatic carboxylic acids is 1. The minimum Gasteiger partial charge on any atom is -0.477 e. The van der Waals surface area contributed by atoms with E-state index < -0.39 is 5.97 Å². The molecule has 2 rings (SSSR count). The van der Waals surface area contributed by atoms with Crippen molar-refractivity contribution in [1.82, 2.24) is 4.98 Å². The van der Waals surface area contributed by atoms with E-state index in [2.05, 4.69) is 11.9 Å². The van der Waals surface area contributed by atoms with Crippen molar-refractivity contribution < 1.29 is 14.6 Å². The van der Waals surface area contributed by atoms with Crippen LogP contribution in [-0.2, 0) is 0 Å². The molecule has 1 N–H and O–H groups in total. The normalized spacial score (nSPS) is 24.3. The lowest BCUT2D eigenvalue weighted by Crippen LogP contribution is -2.23. The lowest BCUT2D eigenvalue weighted by atomic mass is 9.89. The number of hydrogen-bond acceptors (Lipinski definition) is 3. The fraction of sp³-hybridized carbons (Fsp3) is 0.538. The molecule has 0 bridgehead atoms. The van der Waals surface area contributed by atoms with Crippen molar-refractivity contribution in [3.63, 3.8) is 0 Å². The molecule has 1 fully saturated rings. The van der Waals surface area contributed by atoms with E-state index in [0.717, 1.165) is 18.8 Å². The molecule has 0 aromatic carbocycles. The van der Waals surface area contributed by atoms with Crippen molar-refractivity contribution in [3.8, 4) is 5.88 Å². The Hall–Kier alpha value is -1.58. The van der Waals surface area contributed by atoms with Crippen molar-refractivity contribution in [2.24, 2.45) is 5.92 Å². The number of nitrogens with zero attached hydrogens (tertiary/aromatic N) is 1. The fourth-order valence-corrected chi connectivity index (χ4v) is 2.12. The summed E-state index contributed by atoms with van der Waals surface area (Å²) in [6.45, 7) is 2.25. The second-order valence-corrected chi connectivity index (χ2v) is 4.67. The monoisotopic (exact) mass is 235 g/mol. The Morgan fingerprint density at radius 3 is 2.71 bits per heavy atom. The van der Waals surface area contributed by atoms with E-state index in [1.54, 1.807) is 12.1 Å². The molecular formula is C13H17NO3. The largest absolute Gasteiger partial charge is 0.477 e. The van der Waals surface area contributed by atoms with Gasteiger partial charge in [0.1, 0.15) is 6.10 Å². The molecule has 1 aromatic rings. The molecular weight excluding hydrogens is 218 g/mol. The molecule has 0 unspecified atom stereocenters. The maximum absolute atomic E-state index is 10.8. The summed E-state index contributed by atoms with van der Waals surface area (Å²) in [6.07, 6.45) is 4.58. The second-order valence-electron chi connectivity index (χ2n) is 4.67. The lowest BCUT2D eigenvalue weighted by molar-refractivity contribution is 0.0686. The molecule has 1 aromatic heterocycles. The summed E-state index contributed by atoms with van der Waals surface area (Å²) in [5.41, 5.74) is 0.0340. The molecule has 4 heteroatoms. The molecule has 4 nitrogen and oxygen atoms in total. The van der Waals surface area contributed by atoms with Gasteiger partial charge in [-0.15, -0.1) is 0 Å². The van der Waals surface area contributed by atoms with Crippen LogP contribution in [0.2, 0.25) is 0 Å². The van der Waals surface area contributed by atoms with Crippen LogP contribution in [0.25, 0.3) is 0 Å². The van der Waals surface area contributed by atoms with E-state index in [0.29, 0.717) is 5.88 Å². The van der Waals surface area contributed by atoms with Crippen molar-refractivity contribution in [2.75, 3.05) is 0 Å². The van der Waals surface area contributed by atoms with E-state index in [4.69, 9.17) is 9.84 Å². The predicted octanol–water partition coefficient (Wildman–Crippen LogP) is 2.74. The third-order valence-corrected chi connectivity index (χ3v) is 3.19. The molecule has 0 amide bonds. The number of aromatic nitrogens is 1. The zero-order valence-electron chi connectivity index (χ0n) is 9.93. The maximum Gasteiger partial charge on any atom is 0.354 e. The first kappa shape index (κ1) is 11.9. The van der Waals surface area contributed by atoms with Gasteiger partial charge in [-0.05, 0) is 37.7 Å². The Labute approximate surface area is 101 Å². The highest BCUT2D eigenvalue weighted by Gasteiger charge is 2.20. The zero-order chi connectivity index (χ0) is 12.3. The number of rotatable bonds is 3. The van der Waals surface area contributed by atoms with Gasteiger partial charge in [-0.25, -0.2) is 9.78 Å². The number of hydrogen-bond donors (Lipinski definition) is 1. The Kier molecular flexibility index (Phi) is 3.61. The molecule has 0 saturated heterocycles. The standard InChI is InChI=1S/C13H17NO3/c1-9-5-7-10(8-6-9)17-12-4-2-3-11(14-12)13(15)16/h2-4,9-10H,5-8H2,1H3,(H,15,16). The topological polar surface area (TPSA) is 59.4 Å². The van der Waals surface area contributed by atoms with Crippen molar-refractivity contribution in [1.29, 1.82) is 0 Å². The van der Waals surface area contributed by atoms with Crippen LogP contribution in [0.5, 0.6) is 5.88 Å². The SMILES string of the molecule is CC1CCC(Oc2cccc(C(=O)O)n2)CC1. The smallest absolute Gasteiger partial charge is 0.354 e. The first-order valence-corrected chi connectivity index (χ1v) is 6.02. The zero-order valence-corrected chi connectivity index (χ0v) is 9.93. The number of carboxylic acid groups (broad SMARTS) is 1. The van der Waals surface area contributed by atoms with E-state index in [1.807, 2.05) is 0 Å². The van der Waals surface area contributed by atoms with Crippen LogP contribution >= 0.6 is 0 Å². The second kappa shape index (κ2) is 5.17. The molecule has 0 radical (unpaired) electrons. The predicted molar refractivity (Wildman–Crippen MR) is 63.2 cm³/mol. The van der Waals surface area contributed by atoms with Gasteiger partial charge in [0, 0.05) is 6.07 Å². The van der Waals surface area contributed by atoms with Gasteiger partial charge >= 0.3 is 5.97 Å². The molecule has 0 aliphatic heterocycles. The van der Waals surface area contributed by atoms with Crippen LogP contribution in [-0.4, -0.2) is 22.2 Å². The molecule has 1 heterocycles. The first-order valence-electron chi connectivity index (χ1n) is 6.02. The molecule has 1 aliphatic carbocycles. The van der Waals surface area contributed by atoms with Crippen LogP contribution in [0.3, 0.4) is 0 Å². The summed E-state index contributed by atoms with van der Waals surface area (Å²) in [4.78, 5) is 14.7. The highest BCUT2D eigenvalue weighted by molar-refractivity contribution is 5.85. The van der Waals surface area contributed by atoms with Gasteiger partial charge in [0.05, 0.1) is 0 Å². The molecule has 1 saturated carbocycles. The van der Waals surface area contributed by atoms with Crippen molar-refractivity contribution in [3.05, 3.63) is 23.9 Å². The molecule has 0 spiro atoms. The number of pyridine rings is 1. The highest BCUT2D eigenvalue weighted by atomic mass is 16.5. The lowest BCUT2D eigenvalue weighted by Gasteiger charge is -2.26. The Bertz CT molecular complexity index is 397. The summed E-state index contributed by atoms with van der Waals surface area (Å²) >= 11 is 0. The Morgan fingerprint density at radius 1 is 1.35 bits per heavy atom. The highest BCUT2D eigenvalue weighted by Crippen LogP contribution is 2.26. The Morgan fingerprint density at radius 2 is 2.06 bits per heavy atom. The van der Waals surface area contributed by atoms with Gasteiger partial charge in [0.2, 0.25) is 5.88 Å². The maximum atomic E-state index is 10.8. The average molecular weight is 235 g/mol. The third-order valence-electron chi connectivity index (χ3n) is 3.19. The summed E-state index contributed by atoms with van der Waals surface area (Å²) in [6, 6.07) is 4.85. The number of carbonyl (C=O) groups is 1. The van der Waals surface area contributed by atoms with Crippen molar-refractivity contribution >= 4 is 5.97 Å². The van der Waals surface area contributed by atoms with Gasteiger partial charge in [-0.3, -0.25) is 0 Å². The van der Waals surface area contributed by atoms with Crippen LogP contribution in [0.1, 0.15) is 43.1 Å². The van der Waals surface area contributed by atoms with Gasteiger partial charge in [0.25, 0.3) is 0 Å². The van der Waals surface area contributed by atoms with Gasteiger partial charge in [0.15, 0.2) is 5.69 Å². The van der Waals surface area contributed by atoms with Crippen LogP contribution < -0.4 is 4.74 Å². The summed E-state index contributed by atoms with van der Waals surface area (Å²) < 4.78 is 5.72. The van der Waals surface area contributed by atoms with E-state index in [9.17, 15) is 4.79 Å².